The molecule has 0 unspecified atom stereocenters. The third-order valence-corrected chi connectivity index (χ3v) is 6.81. The number of nitrogens with one attached hydrogen (secondary N) is 1. The van der Waals surface area contributed by atoms with Crippen molar-refractivity contribution in [1.82, 2.24) is 0 Å². The van der Waals surface area contributed by atoms with Crippen LogP contribution in [0.1, 0.15) is 42.5 Å². The molecule has 0 fully saturated rings. The zero-order chi connectivity index (χ0) is 20.6. The summed E-state index contributed by atoms with van der Waals surface area (Å²) in [5, 5.41) is 0. The summed E-state index contributed by atoms with van der Waals surface area (Å²) in [6.45, 7) is 10.2. The first-order chi connectivity index (χ1) is 13.1. The van der Waals surface area contributed by atoms with Crippen molar-refractivity contribution in [2.45, 2.75) is 52.4 Å². The third kappa shape index (κ3) is 3.92. The number of aryl methyl sites for hydroxylation is 4. The Bertz CT molecular complexity index is 1030. The van der Waals surface area contributed by atoms with E-state index in [0.717, 1.165) is 40.8 Å². The van der Waals surface area contributed by atoms with Crippen molar-refractivity contribution < 1.29 is 13.2 Å². The van der Waals surface area contributed by atoms with Crippen LogP contribution in [0.15, 0.2) is 35.2 Å². The van der Waals surface area contributed by atoms with Gasteiger partial charge in [-0.3, -0.25) is 9.52 Å². The highest BCUT2D eigenvalue weighted by Gasteiger charge is 2.25. The van der Waals surface area contributed by atoms with E-state index in [1.807, 2.05) is 57.7 Å². The molecule has 0 atom stereocenters. The van der Waals surface area contributed by atoms with Gasteiger partial charge in [0, 0.05) is 23.8 Å². The molecule has 0 aliphatic carbocycles. The molecule has 3 rings (SSSR count). The van der Waals surface area contributed by atoms with E-state index in [1.54, 1.807) is 12.1 Å². The first-order valence-corrected chi connectivity index (χ1v) is 11.1. The highest BCUT2D eigenvalue weighted by molar-refractivity contribution is 7.92. The van der Waals surface area contributed by atoms with Gasteiger partial charge in [-0.2, -0.15) is 0 Å². The van der Waals surface area contributed by atoms with Crippen molar-refractivity contribution in [2.75, 3.05) is 16.2 Å². The van der Waals surface area contributed by atoms with E-state index in [4.69, 9.17) is 0 Å². The van der Waals surface area contributed by atoms with Crippen LogP contribution in [0.3, 0.4) is 0 Å². The lowest BCUT2D eigenvalue weighted by Gasteiger charge is -2.31. The third-order valence-electron chi connectivity index (χ3n) is 5.29. The molecule has 0 saturated carbocycles. The molecule has 6 heteroatoms. The van der Waals surface area contributed by atoms with Gasteiger partial charge in [0.25, 0.3) is 10.0 Å². The number of rotatable bonds is 4. The highest BCUT2D eigenvalue weighted by Crippen LogP contribution is 2.32. The second-order valence-electron chi connectivity index (χ2n) is 7.90. The summed E-state index contributed by atoms with van der Waals surface area (Å²) in [6.07, 6.45) is 1.70. The lowest BCUT2D eigenvalue weighted by atomic mass is 9.99. The van der Waals surface area contributed by atoms with Gasteiger partial charge in [0.1, 0.15) is 0 Å². The number of fused-ring (bicyclic) bond motifs is 1. The van der Waals surface area contributed by atoms with Crippen molar-refractivity contribution >= 4 is 27.3 Å². The molecular formula is C22H28N2O3S. The number of hydrogen-bond acceptors (Lipinski definition) is 3. The average Bonchev–Trinajstić information content (AvgIpc) is 2.62. The molecule has 1 N–H and O–H groups in total. The Morgan fingerprint density at radius 1 is 1.04 bits per heavy atom. The number of anilines is 2. The lowest BCUT2D eigenvalue weighted by molar-refractivity contribution is -0.121. The van der Waals surface area contributed by atoms with Crippen LogP contribution in [0.25, 0.3) is 0 Å². The topological polar surface area (TPSA) is 66.5 Å². The van der Waals surface area contributed by atoms with Crippen LogP contribution in [-0.2, 0) is 21.2 Å². The fourth-order valence-electron chi connectivity index (χ4n) is 3.63. The van der Waals surface area contributed by atoms with Gasteiger partial charge < -0.3 is 4.90 Å². The molecule has 1 heterocycles. The van der Waals surface area contributed by atoms with Crippen molar-refractivity contribution in [1.29, 1.82) is 0 Å². The van der Waals surface area contributed by atoms with Gasteiger partial charge in [0.05, 0.1) is 4.90 Å². The van der Waals surface area contributed by atoms with Crippen molar-refractivity contribution in [3.8, 4) is 0 Å². The molecule has 0 saturated heterocycles. The van der Waals surface area contributed by atoms with Gasteiger partial charge >= 0.3 is 0 Å². The molecular weight excluding hydrogens is 372 g/mol. The lowest BCUT2D eigenvalue weighted by Crippen LogP contribution is -2.38. The minimum Gasteiger partial charge on any atom is -0.312 e. The Hall–Kier alpha value is -2.34. The summed E-state index contributed by atoms with van der Waals surface area (Å²) in [4.78, 5) is 14.6. The Morgan fingerprint density at radius 2 is 1.71 bits per heavy atom. The molecule has 0 spiro atoms. The Balaban J connectivity index is 1.92. The quantitative estimate of drug-likeness (QED) is 0.830. The molecule has 0 radical (unpaired) electrons. The molecule has 1 aliphatic heterocycles. The summed E-state index contributed by atoms with van der Waals surface area (Å²) >= 11 is 0. The maximum absolute atomic E-state index is 12.9. The molecule has 2 aromatic rings. The maximum atomic E-state index is 12.9. The SMILES string of the molecule is Cc1cc(C)c(S(=O)(=O)Nc2ccc3c(c2)CCCN3C(=O)C(C)C)cc1C. The first kappa shape index (κ1) is 20.4. The molecule has 5 nitrogen and oxygen atoms in total. The monoisotopic (exact) mass is 400 g/mol. The van der Waals surface area contributed by atoms with Crippen molar-refractivity contribution in [2.24, 2.45) is 5.92 Å². The Morgan fingerprint density at radius 3 is 2.39 bits per heavy atom. The first-order valence-electron chi connectivity index (χ1n) is 9.65. The molecule has 0 aromatic heterocycles. The predicted octanol–water partition coefficient (Wildman–Crippen LogP) is 4.35. The Kier molecular flexibility index (Phi) is 5.53. The number of hydrogen-bond donors (Lipinski definition) is 1. The van der Waals surface area contributed by atoms with E-state index >= 15 is 0 Å². The van der Waals surface area contributed by atoms with E-state index in [1.165, 1.54) is 0 Å². The van der Waals surface area contributed by atoms with Crippen LogP contribution in [0.4, 0.5) is 11.4 Å². The predicted molar refractivity (Wildman–Crippen MR) is 113 cm³/mol. The van der Waals surface area contributed by atoms with E-state index in [0.29, 0.717) is 17.1 Å². The molecule has 0 bridgehead atoms. The zero-order valence-electron chi connectivity index (χ0n) is 17.2. The number of nitrogens with zero attached hydrogens (tertiary/aromatic N) is 1. The fourth-order valence-corrected chi connectivity index (χ4v) is 5.00. The van der Waals surface area contributed by atoms with E-state index in [9.17, 15) is 13.2 Å². The van der Waals surface area contributed by atoms with Crippen LogP contribution in [-0.4, -0.2) is 20.9 Å². The van der Waals surface area contributed by atoms with E-state index in [-0.39, 0.29) is 11.8 Å². The van der Waals surface area contributed by atoms with Crippen molar-refractivity contribution in [3.05, 3.63) is 52.6 Å². The van der Waals surface area contributed by atoms with Crippen LogP contribution in [0.5, 0.6) is 0 Å². The van der Waals surface area contributed by atoms with Crippen LogP contribution in [0.2, 0.25) is 0 Å². The van der Waals surface area contributed by atoms with Gasteiger partial charge in [-0.15, -0.1) is 0 Å². The number of amides is 1. The summed E-state index contributed by atoms with van der Waals surface area (Å²) in [6, 6.07) is 9.04. The Labute approximate surface area is 167 Å². The van der Waals surface area contributed by atoms with Crippen molar-refractivity contribution in [3.63, 3.8) is 0 Å². The van der Waals surface area contributed by atoms with Gasteiger partial charge in [-0.1, -0.05) is 19.9 Å². The van der Waals surface area contributed by atoms with Crippen LogP contribution >= 0.6 is 0 Å². The largest absolute Gasteiger partial charge is 0.312 e. The smallest absolute Gasteiger partial charge is 0.262 e. The number of sulfonamides is 1. The number of carbonyl (C=O) groups excluding carboxylic acids is 1. The normalized spacial score (nSPS) is 14.1. The number of carbonyl (C=O) groups is 1. The zero-order valence-corrected chi connectivity index (χ0v) is 18.0. The average molecular weight is 401 g/mol. The summed E-state index contributed by atoms with van der Waals surface area (Å²) in [5.74, 6) is 0.0249. The van der Waals surface area contributed by atoms with E-state index < -0.39 is 10.0 Å². The van der Waals surface area contributed by atoms with Gasteiger partial charge in [-0.05, 0) is 80.1 Å². The molecule has 150 valence electrons. The van der Waals surface area contributed by atoms with Gasteiger partial charge in [0.15, 0.2) is 0 Å². The van der Waals surface area contributed by atoms with Crippen LogP contribution < -0.4 is 9.62 Å². The molecule has 1 aliphatic rings. The molecule has 28 heavy (non-hydrogen) atoms. The second-order valence-corrected chi connectivity index (χ2v) is 9.55. The standard InChI is InChI=1S/C22H28N2O3S/c1-14(2)22(25)24-10-6-7-18-13-19(8-9-20(18)24)23-28(26,27)21-12-16(4)15(3)11-17(21)5/h8-9,11-14,23H,6-7,10H2,1-5H3. The van der Waals surface area contributed by atoms with E-state index in [2.05, 4.69) is 4.72 Å². The summed E-state index contributed by atoms with van der Waals surface area (Å²) in [5.41, 5.74) is 5.14. The minimum atomic E-state index is -3.68. The summed E-state index contributed by atoms with van der Waals surface area (Å²) < 4.78 is 28.6. The highest BCUT2D eigenvalue weighted by atomic mass is 32.2. The molecule has 1 amide bonds. The minimum absolute atomic E-state index is 0.0723. The van der Waals surface area contributed by atoms with Gasteiger partial charge in [0.2, 0.25) is 5.91 Å². The van der Waals surface area contributed by atoms with Gasteiger partial charge in [-0.25, -0.2) is 8.42 Å². The molecule has 2 aromatic carbocycles. The maximum Gasteiger partial charge on any atom is 0.262 e. The summed E-state index contributed by atoms with van der Waals surface area (Å²) in [7, 11) is -3.68. The second kappa shape index (κ2) is 7.59. The number of benzene rings is 2. The fraction of sp³-hybridized carbons (Fsp3) is 0.409. The van der Waals surface area contributed by atoms with Crippen LogP contribution in [0, 0.1) is 26.7 Å².